The number of hydrogen-bond donors (Lipinski definition) is 1. The van der Waals surface area contributed by atoms with E-state index in [1.54, 1.807) is 17.2 Å². The average Bonchev–Trinajstić information content (AvgIpc) is 2.24. The van der Waals surface area contributed by atoms with Crippen LogP contribution in [0.25, 0.3) is 0 Å². The molecule has 1 saturated heterocycles. The third kappa shape index (κ3) is 3.04. The van der Waals surface area contributed by atoms with Gasteiger partial charge >= 0.3 is 0 Å². The van der Waals surface area contributed by atoms with Crippen molar-refractivity contribution >= 4 is 11.6 Å². The number of pyridine rings is 1. The SMILES string of the molecule is CC1(C)CN(C(=O)c2ccncc2N)CC(C)(C)O1. The van der Waals surface area contributed by atoms with Crippen LogP contribution in [-0.4, -0.2) is 40.1 Å². The Bertz CT molecular complexity index is 481. The van der Waals surface area contributed by atoms with Gasteiger partial charge in [-0.05, 0) is 33.8 Å². The third-order valence-electron chi connectivity index (χ3n) is 3.07. The van der Waals surface area contributed by atoms with Crippen molar-refractivity contribution in [2.75, 3.05) is 18.8 Å². The first-order valence-corrected chi connectivity index (χ1v) is 6.39. The molecule has 1 fully saturated rings. The topological polar surface area (TPSA) is 68.5 Å². The Balaban J connectivity index is 2.27. The number of carbonyl (C=O) groups is 1. The lowest BCUT2D eigenvalue weighted by Crippen LogP contribution is -2.58. The van der Waals surface area contributed by atoms with Crippen molar-refractivity contribution in [1.82, 2.24) is 9.88 Å². The lowest BCUT2D eigenvalue weighted by Gasteiger charge is -2.47. The molecule has 1 aromatic rings. The summed E-state index contributed by atoms with van der Waals surface area (Å²) in [6.45, 7) is 9.07. The second kappa shape index (κ2) is 4.49. The van der Waals surface area contributed by atoms with Gasteiger partial charge in [-0.3, -0.25) is 9.78 Å². The van der Waals surface area contributed by atoms with E-state index in [9.17, 15) is 4.79 Å². The number of morpholine rings is 1. The third-order valence-corrected chi connectivity index (χ3v) is 3.07. The Morgan fingerprint density at radius 3 is 2.42 bits per heavy atom. The molecular formula is C14H21N3O2. The van der Waals surface area contributed by atoms with E-state index in [0.29, 0.717) is 24.3 Å². The number of carbonyl (C=O) groups excluding carboxylic acids is 1. The van der Waals surface area contributed by atoms with Gasteiger partial charge < -0.3 is 15.4 Å². The van der Waals surface area contributed by atoms with E-state index in [4.69, 9.17) is 10.5 Å². The molecule has 2 N–H and O–H groups in total. The molecule has 5 nitrogen and oxygen atoms in total. The molecule has 0 unspecified atom stereocenters. The highest BCUT2D eigenvalue weighted by molar-refractivity contribution is 5.99. The largest absolute Gasteiger partial charge is 0.397 e. The highest BCUT2D eigenvalue weighted by Gasteiger charge is 2.40. The molecule has 1 aliphatic rings. The summed E-state index contributed by atoms with van der Waals surface area (Å²) in [6.07, 6.45) is 3.09. The lowest BCUT2D eigenvalue weighted by molar-refractivity contribution is -0.171. The Kier molecular flexibility index (Phi) is 3.26. The highest BCUT2D eigenvalue weighted by Crippen LogP contribution is 2.29. The van der Waals surface area contributed by atoms with E-state index in [-0.39, 0.29) is 17.1 Å². The van der Waals surface area contributed by atoms with E-state index in [2.05, 4.69) is 4.98 Å². The van der Waals surface area contributed by atoms with Crippen molar-refractivity contribution in [2.24, 2.45) is 0 Å². The number of anilines is 1. The molecule has 1 amide bonds. The van der Waals surface area contributed by atoms with Crippen molar-refractivity contribution in [1.29, 1.82) is 0 Å². The van der Waals surface area contributed by atoms with E-state index >= 15 is 0 Å². The molecule has 104 valence electrons. The summed E-state index contributed by atoms with van der Waals surface area (Å²) >= 11 is 0. The van der Waals surface area contributed by atoms with Crippen molar-refractivity contribution in [3.05, 3.63) is 24.0 Å². The quantitative estimate of drug-likeness (QED) is 0.837. The molecule has 5 heteroatoms. The first kappa shape index (κ1) is 13.8. The second-order valence-electron chi connectivity index (χ2n) is 6.25. The number of amides is 1. The van der Waals surface area contributed by atoms with Gasteiger partial charge in [-0.2, -0.15) is 0 Å². The maximum absolute atomic E-state index is 12.6. The maximum atomic E-state index is 12.6. The molecule has 0 radical (unpaired) electrons. The van der Waals surface area contributed by atoms with Gasteiger partial charge in [0.05, 0.1) is 28.6 Å². The number of nitrogens with two attached hydrogens (primary N) is 1. The number of hydrogen-bond acceptors (Lipinski definition) is 4. The summed E-state index contributed by atoms with van der Waals surface area (Å²) in [7, 11) is 0. The Morgan fingerprint density at radius 1 is 1.32 bits per heavy atom. The van der Waals surface area contributed by atoms with Gasteiger partial charge in [-0.25, -0.2) is 0 Å². The van der Waals surface area contributed by atoms with Crippen molar-refractivity contribution in [3.8, 4) is 0 Å². The number of nitrogens with zero attached hydrogens (tertiary/aromatic N) is 2. The average molecular weight is 263 g/mol. The fraction of sp³-hybridized carbons (Fsp3) is 0.571. The molecule has 19 heavy (non-hydrogen) atoms. The van der Waals surface area contributed by atoms with Crippen LogP contribution in [0.15, 0.2) is 18.5 Å². The van der Waals surface area contributed by atoms with Crippen LogP contribution < -0.4 is 5.73 Å². The van der Waals surface area contributed by atoms with Gasteiger partial charge in [0.2, 0.25) is 0 Å². The maximum Gasteiger partial charge on any atom is 0.256 e. The van der Waals surface area contributed by atoms with Crippen LogP contribution in [0.5, 0.6) is 0 Å². The van der Waals surface area contributed by atoms with Crippen LogP contribution in [0.1, 0.15) is 38.1 Å². The molecular weight excluding hydrogens is 242 g/mol. The van der Waals surface area contributed by atoms with Gasteiger partial charge in [0.1, 0.15) is 0 Å². The number of rotatable bonds is 1. The van der Waals surface area contributed by atoms with E-state index in [0.717, 1.165) is 0 Å². The minimum Gasteiger partial charge on any atom is -0.397 e. The summed E-state index contributed by atoms with van der Waals surface area (Å²) in [6, 6.07) is 1.66. The van der Waals surface area contributed by atoms with Crippen molar-refractivity contribution in [3.63, 3.8) is 0 Å². The molecule has 1 aromatic heterocycles. The summed E-state index contributed by atoms with van der Waals surface area (Å²) in [5.74, 6) is -0.0654. The zero-order valence-electron chi connectivity index (χ0n) is 11.9. The minimum absolute atomic E-state index is 0.0654. The predicted molar refractivity (Wildman–Crippen MR) is 73.8 cm³/mol. The first-order chi connectivity index (χ1) is 8.70. The Morgan fingerprint density at radius 2 is 1.89 bits per heavy atom. The highest BCUT2D eigenvalue weighted by atomic mass is 16.5. The van der Waals surface area contributed by atoms with Crippen LogP contribution in [0, 0.1) is 0 Å². The van der Waals surface area contributed by atoms with Gasteiger partial charge in [0.25, 0.3) is 5.91 Å². The number of ether oxygens (including phenoxy) is 1. The standard InChI is InChI=1S/C14H21N3O2/c1-13(2)8-17(9-14(3,4)19-13)12(18)10-5-6-16-7-11(10)15/h5-7H,8-9,15H2,1-4H3. The van der Waals surface area contributed by atoms with E-state index in [1.165, 1.54) is 6.20 Å². The van der Waals surface area contributed by atoms with Gasteiger partial charge in [0.15, 0.2) is 0 Å². The molecule has 0 aliphatic carbocycles. The lowest BCUT2D eigenvalue weighted by atomic mass is 9.98. The summed E-state index contributed by atoms with van der Waals surface area (Å²) < 4.78 is 5.97. The van der Waals surface area contributed by atoms with Gasteiger partial charge in [0, 0.05) is 19.3 Å². The van der Waals surface area contributed by atoms with Crippen LogP contribution in [0.2, 0.25) is 0 Å². The molecule has 0 atom stereocenters. The Hall–Kier alpha value is -1.62. The summed E-state index contributed by atoms with van der Waals surface area (Å²) in [5.41, 5.74) is 6.01. The fourth-order valence-corrected chi connectivity index (χ4v) is 2.70. The van der Waals surface area contributed by atoms with Crippen molar-refractivity contribution < 1.29 is 9.53 Å². The second-order valence-corrected chi connectivity index (χ2v) is 6.25. The normalized spacial score (nSPS) is 21.2. The minimum atomic E-state index is -0.362. The van der Waals surface area contributed by atoms with Crippen LogP contribution >= 0.6 is 0 Å². The summed E-state index contributed by atoms with van der Waals surface area (Å²) in [5, 5.41) is 0. The molecule has 2 heterocycles. The predicted octanol–water partition coefficient (Wildman–Crippen LogP) is 1.69. The molecule has 0 spiro atoms. The molecule has 1 aliphatic heterocycles. The Labute approximate surface area is 113 Å². The van der Waals surface area contributed by atoms with Gasteiger partial charge in [-0.15, -0.1) is 0 Å². The van der Waals surface area contributed by atoms with Crippen LogP contribution in [-0.2, 0) is 4.74 Å². The molecule has 2 rings (SSSR count). The first-order valence-electron chi connectivity index (χ1n) is 6.39. The zero-order valence-corrected chi connectivity index (χ0v) is 11.9. The molecule has 0 saturated carbocycles. The van der Waals surface area contributed by atoms with Gasteiger partial charge in [-0.1, -0.05) is 0 Å². The van der Waals surface area contributed by atoms with E-state index in [1.807, 2.05) is 27.7 Å². The van der Waals surface area contributed by atoms with Crippen molar-refractivity contribution in [2.45, 2.75) is 38.9 Å². The van der Waals surface area contributed by atoms with Crippen LogP contribution in [0.4, 0.5) is 5.69 Å². The number of aromatic nitrogens is 1. The van der Waals surface area contributed by atoms with Crippen LogP contribution in [0.3, 0.4) is 0 Å². The molecule has 0 aromatic carbocycles. The summed E-state index contributed by atoms with van der Waals surface area (Å²) in [4.78, 5) is 18.3. The number of nitrogen functional groups attached to an aromatic ring is 1. The fourth-order valence-electron chi connectivity index (χ4n) is 2.70. The molecule has 0 bridgehead atoms. The van der Waals surface area contributed by atoms with E-state index < -0.39 is 0 Å². The monoisotopic (exact) mass is 263 g/mol. The smallest absolute Gasteiger partial charge is 0.256 e. The zero-order chi connectivity index (χ0) is 14.3.